The molecule has 1 aromatic carbocycles. The van der Waals surface area contributed by atoms with E-state index in [0.29, 0.717) is 18.0 Å². The zero-order valence-electron chi connectivity index (χ0n) is 10.7. The van der Waals surface area contributed by atoms with Crippen molar-refractivity contribution in [2.24, 2.45) is 0 Å². The molecular formula is C13H18N2O3. The summed E-state index contributed by atoms with van der Waals surface area (Å²) in [4.78, 5) is 11.4. The summed E-state index contributed by atoms with van der Waals surface area (Å²) in [6.07, 6.45) is 1.63. The second-order valence-corrected chi connectivity index (χ2v) is 3.52. The van der Waals surface area contributed by atoms with Crippen molar-refractivity contribution < 1.29 is 14.3 Å². The topological polar surface area (TPSA) is 59.6 Å². The normalized spacial score (nSPS) is 9.44. The Hall–Kier alpha value is -2.17. The van der Waals surface area contributed by atoms with Crippen molar-refractivity contribution >= 4 is 11.6 Å². The smallest absolute Gasteiger partial charge is 0.239 e. The number of ether oxygens (including phenoxy) is 2. The van der Waals surface area contributed by atoms with Crippen molar-refractivity contribution in [2.45, 2.75) is 0 Å². The third kappa shape index (κ3) is 4.01. The number of amides is 1. The molecule has 0 aliphatic carbocycles. The summed E-state index contributed by atoms with van der Waals surface area (Å²) in [7, 11) is 3.14. The van der Waals surface area contributed by atoms with Crippen LogP contribution >= 0.6 is 0 Å². The summed E-state index contributed by atoms with van der Waals surface area (Å²) >= 11 is 0. The van der Waals surface area contributed by atoms with E-state index in [0.717, 1.165) is 5.69 Å². The lowest BCUT2D eigenvalue weighted by molar-refractivity contribution is -0.119. The third-order valence-electron chi connectivity index (χ3n) is 2.28. The highest BCUT2D eigenvalue weighted by Gasteiger charge is 2.05. The molecule has 0 spiro atoms. The lowest BCUT2D eigenvalue weighted by Gasteiger charge is -2.11. The fourth-order valence-corrected chi connectivity index (χ4v) is 1.38. The van der Waals surface area contributed by atoms with Crippen LogP contribution in [0.3, 0.4) is 0 Å². The summed E-state index contributed by atoms with van der Waals surface area (Å²) in [5.41, 5.74) is 0.793. The first kappa shape index (κ1) is 13.9. The average Bonchev–Trinajstić information content (AvgIpc) is 2.42. The van der Waals surface area contributed by atoms with Gasteiger partial charge in [0.2, 0.25) is 5.91 Å². The Labute approximate surface area is 107 Å². The van der Waals surface area contributed by atoms with Gasteiger partial charge in [-0.05, 0) is 12.1 Å². The second-order valence-electron chi connectivity index (χ2n) is 3.52. The zero-order valence-corrected chi connectivity index (χ0v) is 10.7. The van der Waals surface area contributed by atoms with Gasteiger partial charge in [-0.2, -0.15) is 0 Å². The predicted octanol–water partition coefficient (Wildman–Crippen LogP) is 1.42. The van der Waals surface area contributed by atoms with Gasteiger partial charge in [0.05, 0.1) is 20.8 Å². The number of hydrogen-bond acceptors (Lipinski definition) is 4. The Balaban J connectivity index is 2.57. The first-order valence-electron chi connectivity index (χ1n) is 5.54. The number of nitrogens with one attached hydrogen (secondary N) is 2. The molecule has 18 heavy (non-hydrogen) atoms. The molecule has 0 saturated heterocycles. The number of anilines is 1. The van der Waals surface area contributed by atoms with Gasteiger partial charge in [0.25, 0.3) is 0 Å². The molecule has 0 aromatic heterocycles. The van der Waals surface area contributed by atoms with Gasteiger partial charge >= 0.3 is 0 Å². The molecule has 5 heteroatoms. The number of carbonyl (C=O) groups is 1. The van der Waals surface area contributed by atoms with Gasteiger partial charge in [-0.25, -0.2) is 0 Å². The summed E-state index contributed by atoms with van der Waals surface area (Å²) in [5.74, 6) is 1.18. The molecule has 5 nitrogen and oxygen atoms in total. The third-order valence-corrected chi connectivity index (χ3v) is 2.28. The number of hydrogen-bond donors (Lipinski definition) is 2. The summed E-state index contributed by atoms with van der Waals surface area (Å²) in [5, 5.41) is 5.68. The maximum atomic E-state index is 11.4. The van der Waals surface area contributed by atoms with E-state index in [1.807, 2.05) is 6.07 Å². The predicted molar refractivity (Wildman–Crippen MR) is 71.2 cm³/mol. The highest BCUT2D eigenvalue weighted by atomic mass is 16.5. The van der Waals surface area contributed by atoms with Crippen LogP contribution in [0.15, 0.2) is 30.9 Å². The van der Waals surface area contributed by atoms with Crippen molar-refractivity contribution in [3.63, 3.8) is 0 Å². The van der Waals surface area contributed by atoms with E-state index >= 15 is 0 Å². The van der Waals surface area contributed by atoms with Crippen molar-refractivity contribution in [1.29, 1.82) is 0 Å². The molecule has 0 saturated carbocycles. The van der Waals surface area contributed by atoms with E-state index in [4.69, 9.17) is 9.47 Å². The first-order valence-corrected chi connectivity index (χ1v) is 5.54. The van der Waals surface area contributed by atoms with Gasteiger partial charge in [-0.15, -0.1) is 6.58 Å². The minimum Gasteiger partial charge on any atom is -0.493 e. The van der Waals surface area contributed by atoms with Crippen LogP contribution in [0.1, 0.15) is 0 Å². The molecule has 1 amide bonds. The molecule has 0 heterocycles. The van der Waals surface area contributed by atoms with Crippen LogP contribution < -0.4 is 20.1 Å². The molecular weight excluding hydrogens is 232 g/mol. The van der Waals surface area contributed by atoms with E-state index in [2.05, 4.69) is 17.2 Å². The maximum Gasteiger partial charge on any atom is 0.239 e. The minimum atomic E-state index is -0.0929. The van der Waals surface area contributed by atoms with Crippen LogP contribution in [0, 0.1) is 0 Å². The van der Waals surface area contributed by atoms with Gasteiger partial charge in [-0.3, -0.25) is 4.79 Å². The summed E-state index contributed by atoms with van der Waals surface area (Å²) in [6, 6.07) is 5.38. The van der Waals surface area contributed by atoms with Crippen LogP contribution in [0.2, 0.25) is 0 Å². The minimum absolute atomic E-state index is 0.0929. The Morgan fingerprint density at radius 2 is 2.06 bits per heavy atom. The molecule has 0 radical (unpaired) electrons. The van der Waals surface area contributed by atoms with E-state index in [9.17, 15) is 4.79 Å². The lowest BCUT2D eigenvalue weighted by atomic mass is 10.2. The summed E-state index contributed by atoms with van der Waals surface area (Å²) in [6.45, 7) is 4.19. The largest absolute Gasteiger partial charge is 0.493 e. The molecule has 1 rings (SSSR count). The van der Waals surface area contributed by atoms with Crippen molar-refractivity contribution in [2.75, 3.05) is 32.6 Å². The van der Waals surface area contributed by atoms with Crippen molar-refractivity contribution in [3.05, 3.63) is 30.9 Å². The number of benzene rings is 1. The molecule has 0 aliphatic heterocycles. The lowest BCUT2D eigenvalue weighted by Crippen LogP contribution is -2.29. The zero-order chi connectivity index (χ0) is 13.4. The van der Waals surface area contributed by atoms with E-state index in [1.165, 1.54) is 0 Å². The molecule has 0 bridgehead atoms. The van der Waals surface area contributed by atoms with Gasteiger partial charge in [0.15, 0.2) is 11.5 Å². The molecule has 0 unspecified atom stereocenters. The Morgan fingerprint density at radius 1 is 1.33 bits per heavy atom. The quantitative estimate of drug-likeness (QED) is 0.718. The van der Waals surface area contributed by atoms with E-state index in [-0.39, 0.29) is 12.5 Å². The fourth-order valence-electron chi connectivity index (χ4n) is 1.38. The van der Waals surface area contributed by atoms with Crippen molar-refractivity contribution in [3.8, 4) is 11.5 Å². The van der Waals surface area contributed by atoms with Gasteiger partial charge < -0.3 is 20.1 Å². The molecule has 2 N–H and O–H groups in total. The fraction of sp³-hybridized carbons (Fsp3) is 0.308. The Morgan fingerprint density at radius 3 is 2.67 bits per heavy atom. The van der Waals surface area contributed by atoms with Crippen molar-refractivity contribution in [1.82, 2.24) is 5.32 Å². The molecule has 0 aliphatic rings. The van der Waals surface area contributed by atoms with Gasteiger partial charge in [0, 0.05) is 18.3 Å². The molecule has 98 valence electrons. The molecule has 1 aromatic rings. The van der Waals surface area contributed by atoms with Crippen LogP contribution in [0.5, 0.6) is 11.5 Å². The average molecular weight is 250 g/mol. The van der Waals surface area contributed by atoms with Crippen LogP contribution in [0.25, 0.3) is 0 Å². The highest BCUT2D eigenvalue weighted by Crippen LogP contribution is 2.29. The molecule has 0 fully saturated rings. The second kappa shape index (κ2) is 7.21. The van der Waals surface area contributed by atoms with Gasteiger partial charge in [0.1, 0.15) is 0 Å². The molecule has 0 atom stereocenters. The van der Waals surface area contributed by atoms with Crippen LogP contribution in [-0.2, 0) is 4.79 Å². The first-order chi connectivity index (χ1) is 8.71. The SMILES string of the molecule is C=CCNC(=O)CNc1ccc(OC)c(OC)c1. The maximum absolute atomic E-state index is 11.4. The standard InChI is InChI=1S/C13H18N2O3/c1-4-7-14-13(16)9-15-10-5-6-11(17-2)12(8-10)18-3/h4-6,8,15H,1,7,9H2,2-3H3,(H,14,16). The Bertz CT molecular complexity index is 419. The van der Waals surface area contributed by atoms with E-state index in [1.54, 1.807) is 32.4 Å². The van der Waals surface area contributed by atoms with Gasteiger partial charge in [-0.1, -0.05) is 6.08 Å². The Kier molecular flexibility index (Phi) is 5.57. The van der Waals surface area contributed by atoms with Crippen LogP contribution in [0.4, 0.5) is 5.69 Å². The van der Waals surface area contributed by atoms with Crippen LogP contribution in [-0.4, -0.2) is 33.2 Å². The summed E-state index contributed by atoms with van der Waals surface area (Å²) < 4.78 is 10.3. The highest BCUT2D eigenvalue weighted by molar-refractivity contribution is 5.80. The monoisotopic (exact) mass is 250 g/mol. The van der Waals surface area contributed by atoms with E-state index < -0.39 is 0 Å². The number of rotatable bonds is 7. The number of carbonyl (C=O) groups excluding carboxylic acids is 1. The number of methoxy groups -OCH3 is 2.